The molecule has 0 atom stereocenters. The third-order valence-corrected chi connectivity index (χ3v) is 5.70. The number of nitrogens with zero attached hydrogens (tertiary/aromatic N) is 4. The number of aromatic amines is 1. The maximum absolute atomic E-state index is 12.7. The first-order chi connectivity index (χ1) is 13.6. The zero-order chi connectivity index (χ0) is 19.5. The van der Waals surface area contributed by atoms with Crippen LogP contribution in [0.2, 0.25) is 0 Å². The van der Waals surface area contributed by atoms with Crippen LogP contribution in [0.1, 0.15) is 58.9 Å². The molecule has 0 radical (unpaired) electrons. The first-order valence-corrected chi connectivity index (χ1v) is 10.2. The van der Waals surface area contributed by atoms with Crippen LogP contribution < -0.4 is 0 Å². The van der Waals surface area contributed by atoms with Crippen LogP contribution >= 0.6 is 0 Å². The van der Waals surface area contributed by atoms with Gasteiger partial charge in [-0.2, -0.15) is 5.10 Å². The fourth-order valence-electron chi connectivity index (χ4n) is 4.14. The molecule has 0 spiro atoms. The SMILES string of the molecule is Cc1cc(C(=O)N2CCCN(C(=O)CCc3n[nH]c4c3CCCC4)CC2)no1. The monoisotopic (exact) mass is 385 g/mol. The van der Waals surface area contributed by atoms with Gasteiger partial charge in [-0.15, -0.1) is 0 Å². The maximum Gasteiger partial charge on any atom is 0.276 e. The minimum atomic E-state index is -0.130. The van der Waals surface area contributed by atoms with E-state index in [-0.39, 0.29) is 11.8 Å². The summed E-state index contributed by atoms with van der Waals surface area (Å²) in [5, 5.41) is 11.4. The Kier molecular flexibility index (Phi) is 5.45. The lowest BCUT2D eigenvalue weighted by Crippen LogP contribution is -2.37. The minimum Gasteiger partial charge on any atom is -0.361 e. The van der Waals surface area contributed by atoms with Crippen molar-refractivity contribution in [2.24, 2.45) is 0 Å². The molecule has 2 amide bonds. The standard InChI is InChI=1S/C20H27N5O3/c1-14-13-18(23-28-14)20(27)25-10-4-9-24(11-12-25)19(26)8-7-17-15-5-2-3-6-16(15)21-22-17/h13H,2-12H2,1H3,(H,21,22). The van der Waals surface area contributed by atoms with E-state index >= 15 is 0 Å². The lowest BCUT2D eigenvalue weighted by molar-refractivity contribution is -0.131. The fraction of sp³-hybridized carbons (Fsp3) is 0.600. The largest absolute Gasteiger partial charge is 0.361 e. The summed E-state index contributed by atoms with van der Waals surface area (Å²) >= 11 is 0. The van der Waals surface area contributed by atoms with Gasteiger partial charge in [0.15, 0.2) is 5.69 Å². The molecule has 1 fully saturated rings. The predicted octanol–water partition coefficient (Wildman–Crippen LogP) is 1.89. The molecule has 0 bridgehead atoms. The molecule has 2 aromatic rings. The first-order valence-electron chi connectivity index (χ1n) is 10.2. The Hall–Kier alpha value is -2.64. The van der Waals surface area contributed by atoms with Gasteiger partial charge < -0.3 is 14.3 Å². The van der Waals surface area contributed by atoms with Crippen LogP contribution in [0.4, 0.5) is 0 Å². The summed E-state index contributed by atoms with van der Waals surface area (Å²) in [5.41, 5.74) is 3.96. The second-order valence-electron chi connectivity index (χ2n) is 7.68. The Morgan fingerprint density at radius 2 is 1.89 bits per heavy atom. The van der Waals surface area contributed by atoms with Gasteiger partial charge in [0.05, 0.1) is 5.69 Å². The number of aromatic nitrogens is 3. The Morgan fingerprint density at radius 3 is 2.71 bits per heavy atom. The molecule has 2 aromatic heterocycles. The third kappa shape index (κ3) is 3.95. The zero-order valence-corrected chi connectivity index (χ0v) is 16.4. The Labute approximate surface area is 164 Å². The molecule has 28 heavy (non-hydrogen) atoms. The highest BCUT2D eigenvalue weighted by atomic mass is 16.5. The average molecular weight is 385 g/mol. The van der Waals surface area contributed by atoms with E-state index in [0.717, 1.165) is 25.0 Å². The molecule has 2 aliphatic rings. The van der Waals surface area contributed by atoms with Crippen molar-refractivity contribution in [2.45, 2.75) is 51.9 Å². The van der Waals surface area contributed by atoms with Crippen molar-refractivity contribution < 1.29 is 14.1 Å². The Balaban J connectivity index is 1.31. The Morgan fingerprint density at radius 1 is 1.11 bits per heavy atom. The van der Waals surface area contributed by atoms with Gasteiger partial charge in [-0.05, 0) is 44.6 Å². The van der Waals surface area contributed by atoms with Gasteiger partial charge >= 0.3 is 0 Å². The van der Waals surface area contributed by atoms with Crippen LogP contribution in [0.25, 0.3) is 0 Å². The number of amides is 2. The number of carbonyl (C=O) groups excluding carboxylic acids is 2. The quantitative estimate of drug-likeness (QED) is 0.867. The van der Waals surface area contributed by atoms with E-state index in [4.69, 9.17) is 4.52 Å². The van der Waals surface area contributed by atoms with Crippen molar-refractivity contribution in [1.29, 1.82) is 0 Å². The van der Waals surface area contributed by atoms with E-state index in [2.05, 4.69) is 15.4 Å². The third-order valence-electron chi connectivity index (χ3n) is 5.70. The van der Waals surface area contributed by atoms with E-state index in [0.29, 0.717) is 50.5 Å². The number of H-pyrrole nitrogens is 1. The number of rotatable bonds is 4. The van der Waals surface area contributed by atoms with E-state index < -0.39 is 0 Å². The fourth-order valence-corrected chi connectivity index (χ4v) is 4.14. The molecule has 1 saturated heterocycles. The second-order valence-corrected chi connectivity index (χ2v) is 7.68. The van der Waals surface area contributed by atoms with Crippen LogP contribution in [0.5, 0.6) is 0 Å². The minimum absolute atomic E-state index is 0.130. The van der Waals surface area contributed by atoms with Crippen molar-refractivity contribution in [2.75, 3.05) is 26.2 Å². The number of hydrogen-bond acceptors (Lipinski definition) is 5. The van der Waals surface area contributed by atoms with Crippen molar-refractivity contribution in [1.82, 2.24) is 25.2 Å². The van der Waals surface area contributed by atoms with E-state index in [1.54, 1.807) is 17.9 Å². The molecular weight excluding hydrogens is 358 g/mol. The van der Waals surface area contributed by atoms with E-state index in [1.807, 2.05) is 4.90 Å². The van der Waals surface area contributed by atoms with Crippen LogP contribution in [0.3, 0.4) is 0 Å². The van der Waals surface area contributed by atoms with Gasteiger partial charge in [-0.1, -0.05) is 5.16 Å². The average Bonchev–Trinajstić information content (AvgIpc) is 3.24. The molecular formula is C20H27N5O3. The van der Waals surface area contributed by atoms with Gasteiger partial charge in [0.25, 0.3) is 5.91 Å². The van der Waals surface area contributed by atoms with Gasteiger partial charge in [-0.3, -0.25) is 14.7 Å². The van der Waals surface area contributed by atoms with Crippen LogP contribution in [0, 0.1) is 6.92 Å². The molecule has 0 saturated carbocycles. The lowest BCUT2D eigenvalue weighted by Gasteiger charge is -2.21. The van der Waals surface area contributed by atoms with Crippen LogP contribution in [-0.2, 0) is 24.1 Å². The molecule has 150 valence electrons. The molecule has 0 unspecified atom stereocenters. The number of fused-ring (bicyclic) bond motifs is 1. The maximum atomic E-state index is 12.7. The molecule has 4 rings (SSSR count). The summed E-state index contributed by atoms with van der Waals surface area (Å²) < 4.78 is 5.00. The number of hydrogen-bond donors (Lipinski definition) is 1. The second kappa shape index (κ2) is 8.16. The van der Waals surface area contributed by atoms with E-state index in [9.17, 15) is 9.59 Å². The molecule has 8 nitrogen and oxygen atoms in total. The number of nitrogens with one attached hydrogen (secondary N) is 1. The highest BCUT2D eigenvalue weighted by molar-refractivity contribution is 5.92. The molecule has 1 aliphatic heterocycles. The number of aryl methyl sites for hydroxylation is 3. The molecule has 0 aromatic carbocycles. The van der Waals surface area contributed by atoms with Gasteiger partial charge in [0.1, 0.15) is 5.76 Å². The summed E-state index contributed by atoms with van der Waals surface area (Å²) in [5.74, 6) is 0.629. The molecule has 3 heterocycles. The summed E-state index contributed by atoms with van der Waals surface area (Å²) in [7, 11) is 0. The van der Waals surface area contributed by atoms with Crippen LogP contribution in [-0.4, -0.2) is 63.1 Å². The highest BCUT2D eigenvalue weighted by Crippen LogP contribution is 2.23. The van der Waals surface area contributed by atoms with Gasteiger partial charge in [0, 0.05) is 50.8 Å². The summed E-state index contributed by atoms with van der Waals surface area (Å²) in [6.07, 6.45) is 6.47. The topological polar surface area (TPSA) is 95.3 Å². The van der Waals surface area contributed by atoms with Gasteiger partial charge in [0.2, 0.25) is 5.91 Å². The summed E-state index contributed by atoms with van der Waals surface area (Å²) in [4.78, 5) is 28.9. The van der Waals surface area contributed by atoms with Crippen molar-refractivity contribution >= 4 is 11.8 Å². The number of carbonyl (C=O) groups is 2. The van der Waals surface area contributed by atoms with Crippen LogP contribution in [0.15, 0.2) is 10.6 Å². The summed E-state index contributed by atoms with van der Waals surface area (Å²) in [6, 6.07) is 1.65. The van der Waals surface area contributed by atoms with E-state index in [1.165, 1.54) is 24.1 Å². The van der Waals surface area contributed by atoms with Crippen molar-refractivity contribution in [3.05, 3.63) is 34.5 Å². The molecule has 1 aliphatic carbocycles. The van der Waals surface area contributed by atoms with Crippen molar-refractivity contribution in [3.63, 3.8) is 0 Å². The Bertz CT molecular complexity index is 856. The molecule has 8 heteroatoms. The highest BCUT2D eigenvalue weighted by Gasteiger charge is 2.25. The zero-order valence-electron chi connectivity index (χ0n) is 16.4. The molecule has 1 N–H and O–H groups in total. The smallest absolute Gasteiger partial charge is 0.276 e. The lowest BCUT2D eigenvalue weighted by atomic mass is 9.94. The first kappa shape index (κ1) is 18.7. The van der Waals surface area contributed by atoms with Gasteiger partial charge in [-0.25, -0.2) is 0 Å². The summed E-state index contributed by atoms with van der Waals surface area (Å²) in [6.45, 7) is 4.15. The van der Waals surface area contributed by atoms with Crippen molar-refractivity contribution in [3.8, 4) is 0 Å². The predicted molar refractivity (Wildman–Crippen MR) is 102 cm³/mol. The normalized spacial score (nSPS) is 17.3.